The van der Waals surface area contributed by atoms with Gasteiger partial charge in [0.05, 0.1) is 15.1 Å². The standard InChI is InChI=1S/C10H13NOS2/c1-7-11-6-9(14-7)10(12)8-4-2-3-5-13-8/h6,8H,2-5H2,1H3. The second-order valence-corrected chi connectivity index (χ2v) is 6.01. The molecule has 1 saturated heterocycles. The number of ketones is 1. The minimum atomic E-state index is 0.198. The second kappa shape index (κ2) is 4.45. The third kappa shape index (κ3) is 2.17. The third-order valence-corrected chi connectivity index (χ3v) is 4.64. The first-order valence-corrected chi connectivity index (χ1v) is 6.72. The molecule has 0 N–H and O–H groups in total. The van der Waals surface area contributed by atoms with Crippen LogP contribution in [0.1, 0.15) is 33.9 Å². The van der Waals surface area contributed by atoms with Crippen LogP contribution in [0.3, 0.4) is 0 Å². The number of Topliss-reactive ketones (excluding diaryl/α,β-unsaturated/α-hetero) is 1. The van der Waals surface area contributed by atoms with Crippen molar-refractivity contribution in [1.82, 2.24) is 4.98 Å². The SMILES string of the molecule is Cc1ncc(C(=O)C2CCCCS2)s1. The topological polar surface area (TPSA) is 30.0 Å². The van der Waals surface area contributed by atoms with Gasteiger partial charge in [0, 0.05) is 6.20 Å². The number of hydrogen-bond acceptors (Lipinski definition) is 4. The second-order valence-electron chi connectivity index (χ2n) is 3.46. The number of carbonyl (C=O) groups excluding carboxylic acids is 1. The van der Waals surface area contributed by atoms with E-state index in [9.17, 15) is 4.79 Å². The molecule has 1 fully saturated rings. The number of hydrogen-bond donors (Lipinski definition) is 0. The van der Waals surface area contributed by atoms with Crippen LogP contribution in [0.5, 0.6) is 0 Å². The van der Waals surface area contributed by atoms with E-state index in [4.69, 9.17) is 0 Å². The van der Waals surface area contributed by atoms with E-state index in [0.29, 0.717) is 5.78 Å². The molecule has 0 aromatic carbocycles. The van der Waals surface area contributed by atoms with Crippen molar-refractivity contribution in [3.8, 4) is 0 Å². The summed E-state index contributed by atoms with van der Waals surface area (Å²) >= 11 is 3.32. The zero-order chi connectivity index (χ0) is 9.97. The predicted molar refractivity (Wildman–Crippen MR) is 61.3 cm³/mol. The van der Waals surface area contributed by atoms with Gasteiger partial charge < -0.3 is 0 Å². The fourth-order valence-electron chi connectivity index (χ4n) is 1.58. The van der Waals surface area contributed by atoms with Gasteiger partial charge in [-0.1, -0.05) is 6.42 Å². The molecule has 1 aromatic heterocycles. The minimum Gasteiger partial charge on any atom is -0.292 e. The van der Waals surface area contributed by atoms with Crippen LogP contribution in [0.15, 0.2) is 6.20 Å². The number of aryl methyl sites for hydroxylation is 1. The van der Waals surface area contributed by atoms with Gasteiger partial charge in [0.1, 0.15) is 0 Å². The highest BCUT2D eigenvalue weighted by atomic mass is 32.2. The molecule has 2 rings (SSSR count). The maximum Gasteiger partial charge on any atom is 0.187 e. The van der Waals surface area contributed by atoms with Crippen molar-refractivity contribution >= 4 is 28.9 Å². The van der Waals surface area contributed by atoms with Crippen molar-refractivity contribution < 1.29 is 4.79 Å². The Labute approximate surface area is 92.1 Å². The molecule has 0 spiro atoms. The summed E-state index contributed by atoms with van der Waals surface area (Å²) in [6, 6.07) is 0. The van der Waals surface area contributed by atoms with Crippen LogP contribution < -0.4 is 0 Å². The summed E-state index contributed by atoms with van der Waals surface area (Å²) in [6.45, 7) is 1.94. The number of aromatic nitrogens is 1. The predicted octanol–water partition coefficient (Wildman–Crippen LogP) is 2.92. The average Bonchev–Trinajstić information content (AvgIpc) is 2.65. The van der Waals surface area contributed by atoms with Crippen LogP contribution in [-0.2, 0) is 0 Å². The Kier molecular flexibility index (Phi) is 3.23. The fourth-order valence-corrected chi connectivity index (χ4v) is 3.69. The smallest absolute Gasteiger partial charge is 0.187 e. The van der Waals surface area contributed by atoms with Crippen molar-refractivity contribution in [3.63, 3.8) is 0 Å². The number of thioether (sulfide) groups is 1. The molecule has 0 bridgehead atoms. The van der Waals surface area contributed by atoms with E-state index >= 15 is 0 Å². The van der Waals surface area contributed by atoms with E-state index < -0.39 is 0 Å². The molecule has 1 unspecified atom stereocenters. The zero-order valence-corrected chi connectivity index (χ0v) is 9.79. The van der Waals surface area contributed by atoms with Crippen LogP contribution in [0, 0.1) is 6.92 Å². The molecule has 1 aliphatic rings. The van der Waals surface area contributed by atoms with E-state index in [-0.39, 0.29) is 5.25 Å². The zero-order valence-electron chi connectivity index (χ0n) is 8.16. The van der Waals surface area contributed by atoms with Crippen LogP contribution in [-0.4, -0.2) is 21.8 Å². The molecule has 4 heteroatoms. The number of carbonyl (C=O) groups is 1. The molecule has 0 aliphatic carbocycles. The van der Waals surface area contributed by atoms with E-state index in [0.717, 1.165) is 22.1 Å². The van der Waals surface area contributed by atoms with Crippen molar-refractivity contribution in [1.29, 1.82) is 0 Å². The summed E-state index contributed by atoms with van der Waals surface area (Å²) in [6.07, 6.45) is 5.22. The highest BCUT2D eigenvalue weighted by Crippen LogP contribution is 2.29. The molecular formula is C10H13NOS2. The van der Waals surface area contributed by atoms with Gasteiger partial charge in [0.15, 0.2) is 5.78 Å². The Morgan fingerprint density at radius 3 is 3.00 bits per heavy atom. The summed E-state index contributed by atoms with van der Waals surface area (Å²) < 4.78 is 0. The quantitative estimate of drug-likeness (QED) is 0.728. The van der Waals surface area contributed by atoms with E-state index in [2.05, 4.69) is 4.98 Å². The Bertz CT molecular complexity index is 329. The molecule has 76 valence electrons. The summed E-state index contributed by atoms with van der Waals surface area (Å²) in [4.78, 5) is 16.9. The molecule has 1 aromatic rings. The van der Waals surface area contributed by atoms with Gasteiger partial charge in [-0.25, -0.2) is 4.98 Å². The Balaban J connectivity index is 2.07. The summed E-state index contributed by atoms with van der Waals surface area (Å²) in [5, 5.41) is 1.18. The van der Waals surface area contributed by atoms with Crippen molar-refractivity contribution in [3.05, 3.63) is 16.1 Å². The maximum atomic E-state index is 12.0. The maximum absolute atomic E-state index is 12.0. The average molecular weight is 227 g/mol. The van der Waals surface area contributed by atoms with Crippen molar-refractivity contribution in [2.75, 3.05) is 5.75 Å². The fraction of sp³-hybridized carbons (Fsp3) is 0.600. The first-order chi connectivity index (χ1) is 6.77. The van der Waals surface area contributed by atoms with Gasteiger partial charge in [-0.15, -0.1) is 11.3 Å². The van der Waals surface area contributed by atoms with Crippen LogP contribution in [0.4, 0.5) is 0 Å². The van der Waals surface area contributed by atoms with Crippen LogP contribution >= 0.6 is 23.1 Å². The Hall–Kier alpha value is -0.350. The summed E-state index contributed by atoms with van der Waals surface area (Å²) in [5.41, 5.74) is 0. The van der Waals surface area contributed by atoms with Gasteiger partial charge in [0.25, 0.3) is 0 Å². The van der Waals surface area contributed by atoms with Gasteiger partial charge >= 0.3 is 0 Å². The van der Waals surface area contributed by atoms with Gasteiger partial charge in [0.2, 0.25) is 0 Å². The highest BCUT2D eigenvalue weighted by Gasteiger charge is 2.24. The number of thiazole rings is 1. The summed E-state index contributed by atoms with van der Waals surface area (Å²) in [5.74, 6) is 1.43. The largest absolute Gasteiger partial charge is 0.292 e. The van der Waals surface area contributed by atoms with Crippen molar-refractivity contribution in [2.45, 2.75) is 31.4 Å². The molecule has 1 atom stereocenters. The Morgan fingerprint density at radius 2 is 2.43 bits per heavy atom. The molecule has 0 saturated carbocycles. The van der Waals surface area contributed by atoms with Crippen LogP contribution in [0.2, 0.25) is 0 Å². The Morgan fingerprint density at radius 1 is 1.57 bits per heavy atom. The molecule has 1 aliphatic heterocycles. The molecular weight excluding hydrogens is 214 g/mol. The molecule has 0 radical (unpaired) electrons. The molecule has 2 nitrogen and oxygen atoms in total. The third-order valence-electron chi connectivity index (χ3n) is 2.34. The number of nitrogens with zero attached hydrogens (tertiary/aromatic N) is 1. The van der Waals surface area contributed by atoms with Gasteiger partial charge in [-0.2, -0.15) is 11.8 Å². The van der Waals surface area contributed by atoms with E-state index in [1.165, 1.54) is 24.2 Å². The normalized spacial score (nSPS) is 22.2. The van der Waals surface area contributed by atoms with Gasteiger partial charge in [-0.05, 0) is 25.5 Å². The summed E-state index contributed by atoms with van der Waals surface area (Å²) in [7, 11) is 0. The minimum absolute atomic E-state index is 0.198. The lowest BCUT2D eigenvalue weighted by molar-refractivity contribution is 0.0988. The van der Waals surface area contributed by atoms with E-state index in [1.54, 1.807) is 18.0 Å². The molecule has 14 heavy (non-hydrogen) atoms. The lowest BCUT2D eigenvalue weighted by atomic mass is 10.1. The number of rotatable bonds is 2. The lowest BCUT2D eigenvalue weighted by Crippen LogP contribution is -2.20. The lowest BCUT2D eigenvalue weighted by Gasteiger charge is -2.18. The van der Waals surface area contributed by atoms with Crippen LogP contribution in [0.25, 0.3) is 0 Å². The molecule has 0 amide bonds. The first kappa shape index (κ1) is 10.2. The monoisotopic (exact) mass is 227 g/mol. The van der Waals surface area contributed by atoms with E-state index in [1.807, 2.05) is 6.92 Å². The highest BCUT2D eigenvalue weighted by molar-refractivity contribution is 8.00. The van der Waals surface area contributed by atoms with Crippen molar-refractivity contribution in [2.24, 2.45) is 0 Å². The first-order valence-electron chi connectivity index (χ1n) is 4.85. The molecule has 2 heterocycles. The van der Waals surface area contributed by atoms with Gasteiger partial charge in [-0.3, -0.25) is 4.79 Å².